The third kappa shape index (κ3) is 3.08. The zero-order valence-electron chi connectivity index (χ0n) is 12.6. The highest BCUT2D eigenvalue weighted by atomic mass is 35.5. The van der Waals surface area contributed by atoms with Gasteiger partial charge in [-0.2, -0.15) is 0 Å². The SMILES string of the molecule is O=C(O)[C@@]12CCC[C@H]1CN(CCCOc1cccc(Cl)c1)C2. The zero-order chi connectivity index (χ0) is 15.6. The molecule has 5 heteroatoms. The summed E-state index contributed by atoms with van der Waals surface area (Å²) < 4.78 is 5.69. The van der Waals surface area contributed by atoms with Crippen LogP contribution < -0.4 is 4.74 Å². The van der Waals surface area contributed by atoms with Gasteiger partial charge in [-0.05, 0) is 43.4 Å². The Balaban J connectivity index is 1.45. The second-order valence-corrected chi connectivity index (χ2v) is 6.88. The summed E-state index contributed by atoms with van der Waals surface area (Å²) in [6.07, 6.45) is 3.85. The minimum Gasteiger partial charge on any atom is -0.493 e. The monoisotopic (exact) mass is 323 g/mol. The van der Waals surface area contributed by atoms with Crippen molar-refractivity contribution in [3.63, 3.8) is 0 Å². The average molecular weight is 324 g/mol. The molecule has 2 aliphatic rings. The van der Waals surface area contributed by atoms with Crippen molar-refractivity contribution in [2.24, 2.45) is 11.3 Å². The van der Waals surface area contributed by atoms with Crippen LogP contribution in [0.15, 0.2) is 24.3 Å². The highest BCUT2D eigenvalue weighted by Gasteiger charge is 2.54. The summed E-state index contributed by atoms with van der Waals surface area (Å²) in [5.74, 6) is 0.513. The van der Waals surface area contributed by atoms with Gasteiger partial charge in [0.1, 0.15) is 5.75 Å². The number of aliphatic carboxylic acids is 1. The van der Waals surface area contributed by atoms with Crippen LogP contribution in [0.5, 0.6) is 5.75 Å². The molecule has 1 aliphatic carbocycles. The summed E-state index contributed by atoms with van der Waals surface area (Å²) in [6.45, 7) is 3.14. The summed E-state index contributed by atoms with van der Waals surface area (Å²) in [5, 5.41) is 10.2. The van der Waals surface area contributed by atoms with Gasteiger partial charge in [-0.3, -0.25) is 4.79 Å². The number of carboxylic acids is 1. The fourth-order valence-corrected chi connectivity index (χ4v) is 4.13. The molecule has 1 aromatic carbocycles. The topological polar surface area (TPSA) is 49.8 Å². The van der Waals surface area contributed by atoms with Crippen molar-refractivity contribution in [2.75, 3.05) is 26.2 Å². The number of likely N-dealkylation sites (tertiary alicyclic amines) is 1. The van der Waals surface area contributed by atoms with Crippen LogP contribution in [0.4, 0.5) is 0 Å². The fraction of sp³-hybridized carbons (Fsp3) is 0.588. The van der Waals surface area contributed by atoms with E-state index in [1.807, 2.05) is 18.2 Å². The van der Waals surface area contributed by atoms with E-state index in [4.69, 9.17) is 16.3 Å². The van der Waals surface area contributed by atoms with Crippen LogP contribution in [0.25, 0.3) is 0 Å². The average Bonchev–Trinajstić information content (AvgIpc) is 3.01. The molecule has 0 radical (unpaired) electrons. The highest BCUT2D eigenvalue weighted by molar-refractivity contribution is 6.30. The van der Waals surface area contributed by atoms with E-state index in [2.05, 4.69) is 4.90 Å². The Morgan fingerprint density at radius 2 is 2.36 bits per heavy atom. The lowest BCUT2D eigenvalue weighted by molar-refractivity contribution is -0.149. The molecule has 1 saturated carbocycles. The number of rotatable bonds is 6. The van der Waals surface area contributed by atoms with Gasteiger partial charge < -0.3 is 14.7 Å². The normalized spacial score (nSPS) is 27.8. The maximum atomic E-state index is 11.6. The van der Waals surface area contributed by atoms with Crippen molar-refractivity contribution in [3.8, 4) is 5.75 Å². The van der Waals surface area contributed by atoms with Crippen LogP contribution in [-0.4, -0.2) is 42.2 Å². The predicted molar refractivity (Wildman–Crippen MR) is 85.4 cm³/mol. The molecule has 2 atom stereocenters. The van der Waals surface area contributed by atoms with E-state index in [9.17, 15) is 9.90 Å². The van der Waals surface area contributed by atoms with Crippen LogP contribution in [0.1, 0.15) is 25.7 Å². The first-order valence-electron chi connectivity index (χ1n) is 7.94. The van der Waals surface area contributed by atoms with Gasteiger partial charge in [-0.15, -0.1) is 0 Å². The van der Waals surface area contributed by atoms with Crippen molar-refractivity contribution in [2.45, 2.75) is 25.7 Å². The largest absolute Gasteiger partial charge is 0.493 e. The van der Waals surface area contributed by atoms with E-state index in [1.54, 1.807) is 6.07 Å². The molecule has 1 N–H and O–H groups in total. The first-order chi connectivity index (χ1) is 10.6. The van der Waals surface area contributed by atoms with E-state index in [-0.39, 0.29) is 0 Å². The van der Waals surface area contributed by atoms with Crippen LogP contribution >= 0.6 is 11.6 Å². The fourth-order valence-electron chi connectivity index (χ4n) is 3.95. The van der Waals surface area contributed by atoms with Crippen molar-refractivity contribution >= 4 is 17.6 Å². The third-order valence-corrected chi connectivity index (χ3v) is 5.29. The second-order valence-electron chi connectivity index (χ2n) is 6.44. The summed E-state index contributed by atoms with van der Waals surface area (Å²) >= 11 is 5.92. The van der Waals surface area contributed by atoms with E-state index >= 15 is 0 Å². The van der Waals surface area contributed by atoms with E-state index in [0.717, 1.165) is 44.5 Å². The van der Waals surface area contributed by atoms with Crippen molar-refractivity contribution in [1.82, 2.24) is 4.90 Å². The number of benzene rings is 1. The lowest BCUT2D eigenvalue weighted by Gasteiger charge is -2.23. The van der Waals surface area contributed by atoms with E-state index in [1.165, 1.54) is 0 Å². The van der Waals surface area contributed by atoms with Gasteiger partial charge in [0.25, 0.3) is 0 Å². The number of nitrogens with zero attached hydrogens (tertiary/aromatic N) is 1. The molecule has 22 heavy (non-hydrogen) atoms. The molecule has 0 bridgehead atoms. The molecule has 0 unspecified atom stereocenters. The molecule has 1 aromatic rings. The van der Waals surface area contributed by atoms with E-state index < -0.39 is 11.4 Å². The van der Waals surface area contributed by atoms with Gasteiger partial charge in [0, 0.05) is 24.7 Å². The smallest absolute Gasteiger partial charge is 0.311 e. The summed E-state index contributed by atoms with van der Waals surface area (Å²) in [6, 6.07) is 7.39. The van der Waals surface area contributed by atoms with Crippen LogP contribution in [-0.2, 0) is 4.79 Å². The Bertz CT molecular complexity index is 550. The number of ether oxygens (including phenoxy) is 1. The number of carboxylic acid groups (broad SMARTS) is 1. The lowest BCUT2D eigenvalue weighted by atomic mass is 9.81. The van der Waals surface area contributed by atoms with Crippen molar-refractivity contribution in [3.05, 3.63) is 29.3 Å². The Morgan fingerprint density at radius 1 is 1.50 bits per heavy atom. The molecule has 1 aliphatic heterocycles. The maximum absolute atomic E-state index is 11.6. The quantitative estimate of drug-likeness (QED) is 0.816. The van der Waals surface area contributed by atoms with Crippen LogP contribution in [0.3, 0.4) is 0 Å². The van der Waals surface area contributed by atoms with Crippen molar-refractivity contribution < 1.29 is 14.6 Å². The van der Waals surface area contributed by atoms with Crippen LogP contribution in [0.2, 0.25) is 5.02 Å². The predicted octanol–water partition coefficient (Wildman–Crippen LogP) is 3.30. The van der Waals surface area contributed by atoms with Crippen molar-refractivity contribution in [1.29, 1.82) is 0 Å². The molecular formula is C17H22ClNO3. The number of hydrogen-bond acceptors (Lipinski definition) is 3. The minimum absolute atomic E-state index is 0.332. The molecule has 0 spiro atoms. The lowest BCUT2D eigenvalue weighted by Crippen LogP contribution is -2.36. The first kappa shape index (κ1) is 15.6. The summed E-state index contributed by atoms with van der Waals surface area (Å²) in [7, 11) is 0. The molecular weight excluding hydrogens is 302 g/mol. The van der Waals surface area contributed by atoms with E-state index in [0.29, 0.717) is 24.1 Å². The summed E-state index contributed by atoms with van der Waals surface area (Å²) in [5.41, 5.74) is -0.478. The number of fused-ring (bicyclic) bond motifs is 1. The van der Waals surface area contributed by atoms with Gasteiger partial charge in [-0.1, -0.05) is 24.1 Å². The number of hydrogen-bond donors (Lipinski definition) is 1. The van der Waals surface area contributed by atoms with Gasteiger partial charge in [-0.25, -0.2) is 0 Å². The first-order valence-corrected chi connectivity index (χ1v) is 8.32. The molecule has 1 saturated heterocycles. The molecule has 0 amide bonds. The Labute approximate surface area is 136 Å². The van der Waals surface area contributed by atoms with Gasteiger partial charge in [0.05, 0.1) is 12.0 Å². The van der Waals surface area contributed by atoms with Crippen LogP contribution in [0, 0.1) is 11.3 Å². The molecule has 120 valence electrons. The Morgan fingerprint density at radius 3 is 3.09 bits per heavy atom. The van der Waals surface area contributed by atoms with Gasteiger partial charge >= 0.3 is 5.97 Å². The highest BCUT2D eigenvalue weighted by Crippen LogP contribution is 2.48. The number of halogens is 1. The second kappa shape index (κ2) is 6.47. The Kier molecular flexibility index (Phi) is 4.59. The molecule has 2 fully saturated rings. The molecule has 1 heterocycles. The molecule has 4 nitrogen and oxygen atoms in total. The van der Waals surface area contributed by atoms with Gasteiger partial charge in [0.15, 0.2) is 0 Å². The zero-order valence-corrected chi connectivity index (χ0v) is 13.4. The Hall–Kier alpha value is -1.26. The molecule has 3 rings (SSSR count). The summed E-state index contributed by atoms with van der Waals surface area (Å²) in [4.78, 5) is 13.9. The molecule has 0 aromatic heterocycles. The van der Waals surface area contributed by atoms with Gasteiger partial charge in [0.2, 0.25) is 0 Å². The maximum Gasteiger partial charge on any atom is 0.311 e. The third-order valence-electron chi connectivity index (χ3n) is 5.05. The standard InChI is InChI=1S/C17H22ClNO3/c18-14-5-1-6-15(10-14)22-9-3-8-19-11-13-4-2-7-17(13,12-19)16(20)21/h1,5-6,10,13H,2-4,7-9,11-12H2,(H,20,21)/t13-,17+/m0/s1. The minimum atomic E-state index is -0.604. The number of carbonyl (C=O) groups is 1.